The van der Waals surface area contributed by atoms with E-state index in [4.69, 9.17) is 10.00 Å². The van der Waals surface area contributed by atoms with Crippen molar-refractivity contribution in [3.05, 3.63) is 29.8 Å². The Bertz CT molecular complexity index is 526. The van der Waals surface area contributed by atoms with Crippen molar-refractivity contribution in [3.63, 3.8) is 0 Å². The summed E-state index contributed by atoms with van der Waals surface area (Å²) in [6.07, 6.45) is 0.297. The summed E-state index contributed by atoms with van der Waals surface area (Å²) in [5, 5.41) is 9.12. The molecule has 0 unspecified atom stereocenters. The fourth-order valence-electron chi connectivity index (χ4n) is 2.17. The molecular formula is C15H18N2O2. The van der Waals surface area contributed by atoms with Crippen molar-refractivity contribution in [3.8, 4) is 6.07 Å². The molecule has 1 heterocycles. The molecule has 1 aromatic rings. The first-order valence-electron chi connectivity index (χ1n) is 6.39. The van der Waals surface area contributed by atoms with Gasteiger partial charge in [0, 0.05) is 6.54 Å². The lowest BCUT2D eigenvalue weighted by Gasteiger charge is -2.33. The summed E-state index contributed by atoms with van der Waals surface area (Å²) in [6.45, 7) is 5.90. The van der Waals surface area contributed by atoms with Gasteiger partial charge in [0.05, 0.1) is 17.7 Å². The van der Waals surface area contributed by atoms with E-state index in [1.807, 2.05) is 45.0 Å². The van der Waals surface area contributed by atoms with Gasteiger partial charge in [0.2, 0.25) is 0 Å². The molecule has 2 rings (SSSR count). The first-order chi connectivity index (χ1) is 8.90. The van der Waals surface area contributed by atoms with E-state index in [0.29, 0.717) is 13.0 Å². The molecule has 1 aromatic carbocycles. The maximum Gasteiger partial charge on any atom is 0.414 e. The molecule has 19 heavy (non-hydrogen) atoms. The zero-order valence-corrected chi connectivity index (χ0v) is 11.5. The molecule has 0 fully saturated rings. The van der Waals surface area contributed by atoms with Crippen molar-refractivity contribution in [2.75, 3.05) is 11.4 Å². The van der Waals surface area contributed by atoms with Crippen LogP contribution >= 0.6 is 0 Å². The molecule has 0 N–H and O–H groups in total. The van der Waals surface area contributed by atoms with Crippen LogP contribution in [0.4, 0.5) is 10.5 Å². The monoisotopic (exact) mass is 258 g/mol. The van der Waals surface area contributed by atoms with Crippen molar-refractivity contribution in [2.24, 2.45) is 5.92 Å². The normalized spacial score (nSPS) is 18.4. The second kappa shape index (κ2) is 4.93. The molecule has 1 aliphatic heterocycles. The maximum absolute atomic E-state index is 12.2. The highest BCUT2D eigenvalue weighted by Gasteiger charge is 2.31. The zero-order valence-electron chi connectivity index (χ0n) is 11.5. The third-order valence-electron chi connectivity index (χ3n) is 2.95. The number of amides is 1. The zero-order chi connectivity index (χ0) is 14.0. The van der Waals surface area contributed by atoms with Crippen LogP contribution in [0.3, 0.4) is 0 Å². The quantitative estimate of drug-likeness (QED) is 0.718. The molecule has 1 atom stereocenters. The molecule has 0 spiro atoms. The largest absolute Gasteiger partial charge is 0.443 e. The van der Waals surface area contributed by atoms with E-state index in [9.17, 15) is 4.79 Å². The fraction of sp³-hybridized carbons (Fsp3) is 0.467. The number of nitriles is 1. The maximum atomic E-state index is 12.2. The summed E-state index contributed by atoms with van der Waals surface area (Å²) in [7, 11) is 0. The van der Waals surface area contributed by atoms with Crippen LogP contribution in [0.5, 0.6) is 0 Å². The SMILES string of the molecule is CC(C)(C)OC(=O)N1C[C@@H](C#N)Cc2ccccc21. The number of anilines is 1. The van der Waals surface area contributed by atoms with Crippen molar-refractivity contribution < 1.29 is 9.53 Å². The van der Waals surface area contributed by atoms with Crippen molar-refractivity contribution in [1.82, 2.24) is 0 Å². The molecule has 0 saturated carbocycles. The third kappa shape index (κ3) is 3.05. The highest BCUT2D eigenvalue weighted by atomic mass is 16.6. The van der Waals surface area contributed by atoms with Gasteiger partial charge in [-0.1, -0.05) is 18.2 Å². The fourth-order valence-corrected chi connectivity index (χ4v) is 2.17. The second-order valence-electron chi connectivity index (χ2n) is 5.75. The average molecular weight is 258 g/mol. The first kappa shape index (κ1) is 13.4. The Kier molecular flexibility index (Phi) is 3.48. The Morgan fingerprint density at radius 3 is 2.74 bits per heavy atom. The summed E-state index contributed by atoms with van der Waals surface area (Å²) in [6, 6.07) is 9.91. The average Bonchev–Trinajstić information content (AvgIpc) is 2.35. The van der Waals surface area contributed by atoms with E-state index < -0.39 is 5.60 Å². The van der Waals surface area contributed by atoms with Crippen LogP contribution in [0.25, 0.3) is 0 Å². The summed E-state index contributed by atoms with van der Waals surface area (Å²) >= 11 is 0. The molecule has 100 valence electrons. The number of rotatable bonds is 0. The van der Waals surface area contributed by atoms with E-state index in [-0.39, 0.29) is 12.0 Å². The Labute approximate surface area is 113 Å². The minimum atomic E-state index is -0.536. The van der Waals surface area contributed by atoms with Crippen LogP contribution in [-0.2, 0) is 11.2 Å². The highest BCUT2D eigenvalue weighted by molar-refractivity contribution is 5.89. The van der Waals surface area contributed by atoms with E-state index >= 15 is 0 Å². The summed E-state index contributed by atoms with van der Waals surface area (Å²) in [4.78, 5) is 13.8. The number of para-hydroxylation sites is 1. The van der Waals surface area contributed by atoms with Crippen molar-refractivity contribution in [1.29, 1.82) is 5.26 Å². The highest BCUT2D eigenvalue weighted by Crippen LogP contribution is 2.30. The molecule has 1 amide bonds. The van der Waals surface area contributed by atoms with Gasteiger partial charge in [-0.25, -0.2) is 4.79 Å². The number of fused-ring (bicyclic) bond motifs is 1. The Morgan fingerprint density at radius 2 is 2.11 bits per heavy atom. The molecule has 0 bridgehead atoms. The lowest BCUT2D eigenvalue weighted by molar-refractivity contribution is 0.0574. The first-order valence-corrected chi connectivity index (χ1v) is 6.39. The van der Waals surface area contributed by atoms with E-state index in [2.05, 4.69) is 6.07 Å². The van der Waals surface area contributed by atoms with Gasteiger partial charge in [-0.2, -0.15) is 5.26 Å². The van der Waals surface area contributed by atoms with Crippen LogP contribution in [0.1, 0.15) is 26.3 Å². The van der Waals surface area contributed by atoms with Crippen LogP contribution in [0.2, 0.25) is 0 Å². The molecule has 0 aromatic heterocycles. The topological polar surface area (TPSA) is 53.3 Å². The third-order valence-corrected chi connectivity index (χ3v) is 2.95. The summed E-state index contributed by atoms with van der Waals surface area (Å²) in [5.41, 5.74) is 1.33. The van der Waals surface area contributed by atoms with Crippen molar-refractivity contribution >= 4 is 11.8 Å². The molecule has 4 nitrogen and oxygen atoms in total. The van der Waals surface area contributed by atoms with Crippen LogP contribution in [0.15, 0.2) is 24.3 Å². The predicted molar refractivity (Wildman–Crippen MR) is 72.8 cm³/mol. The Hall–Kier alpha value is -2.02. The standard InChI is InChI=1S/C15H18N2O2/c1-15(2,3)19-14(18)17-10-11(9-16)8-12-6-4-5-7-13(12)17/h4-7,11H,8,10H2,1-3H3/t11-/m1/s1. The van der Waals surface area contributed by atoms with Gasteiger partial charge < -0.3 is 4.74 Å². The number of nitrogens with zero attached hydrogens (tertiary/aromatic N) is 2. The number of carbonyl (C=O) groups excluding carboxylic acids is 1. The van der Waals surface area contributed by atoms with Gasteiger partial charge in [-0.3, -0.25) is 4.90 Å². The molecule has 0 aliphatic carbocycles. The number of hydrogen-bond acceptors (Lipinski definition) is 3. The lowest BCUT2D eigenvalue weighted by atomic mass is 9.94. The van der Waals surface area contributed by atoms with Crippen molar-refractivity contribution in [2.45, 2.75) is 32.8 Å². The van der Waals surface area contributed by atoms with E-state index in [1.54, 1.807) is 4.90 Å². The molecule has 1 aliphatic rings. The number of ether oxygens (including phenoxy) is 1. The summed E-state index contributed by atoms with van der Waals surface area (Å²) in [5.74, 6) is -0.178. The number of hydrogen-bond donors (Lipinski definition) is 0. The van der Waals surface area contributed by atoms with Gasteiger partial charge in [0.25, 0.3) is 0 Å². The van der Waals surface area contributed by atoms with Gasteiger partial charge >= 0.3 is 6.09 Å². The number of benzene rings is 1. The molecular weight excluding hydrogens is 240 g/mol. The Balaban J connectivity index is 2.30. The minimum Gasteiger partial charge on any atom is -0.443 e. The predicted octanol–water partition coefficient (Wildman–Crippen LogP) is 3.12. The van der Waals surface area contributed by atoms with E-state index in [1.165, 1.54) is 0 Å². The second-order valence-corrected chi connectivity index (χ2v) is 5.75. The lowest BCUT2D eigenvalue weighted by Crippen LogP contribution is -2.42. The molecule has 0 radical (unpaired) electrons. The van der Waals surface area contributed by atoms with E-state index in [0.717, 1.165) is 11.3 Å². The van der Waals surface area contributed by atoms with Gasteiger partial charge in [0.1, 0.15) is 5.60 Å². The number of carbonyl (C=O) groups is 1. The van der Waals surface area contributed by atoms with Crippen LogP contribution in [-0.4, -0.2) is 18.2 Å². The van der Waals surface area contributed by atoms with Crippen LogP contribution in [0, 0.1) is 17.2 Å². The summed E-state index contributed by atoms with van der Waals surface area (Å²) < 4.78 is 5.40. The Morgan fingerprint density at radius 1 is 1.42 bits per heavy atom. The van der Waals surface area contributed by atoms with Gasteiger partial charge in [-0.05, 0) is 38.8 Å². The van der Waals surface area contributed by atoms with Gasteiger partial charge in [0.15, 0.2) is 0 Å². The molecule has 0 saturated heterocycles. The van der Waals surface area contributed by atoms with Gasteiger partial charge in [-0.15, -0.1) is 0 Å². The minimum absolute atomic E-state index is 0.178. The molecule has 4 heteroatoms. The smallest absolute Gasteiger partial charge is 0.414 e. The van der Waals surface area contributed by atoms with Crippen LogP contribution < -0.4 is 4.90 Å².